The summed E-state index contributed by atoms with van der Waals surface area (Å²) < 4.78 is 17.3. The van der Waals surface area contributed by atoms with Gasteiger partial charge in [-0.1, -0.05) is 20.8 Å². The van der Waals surface area contributed by atoms with Gasteiger partial charge in [-0.3, -0.25) is 14.4 Å². The number of thioether (sulfide) groups is 1. The van der Waals surface area contributed by atoms with Crippen molar-refractivity contribution < 1.29 is 28.6 Å². The zero-order valence-electron chi connectivity index (χ0n) is 18.3. The molecule has 0 N–H and O–H groups in total. The van der Waals surface area contributed by atoms with E-state index in [2.05, 4.69) is 13.8 Å². The summed E-state index contributed by atoms with van der Waals surface area (Å²) in [5.41, 5.74) is -2.13. The third kappa shape index (κ3) is 2.24. The molecule has 7 heteroatoms. The number of methoxy groups -OCH3 is 1. The number of carbonyl (C=O) groups excluding carboxylic acids is 3. The predicted molar refractivity (Wildman–Crippen MR) is 110 cm³/mol. The molecule has 5 fully saturated rings. The molecule has 7 atom stereocenters. The molecule has 2 heterocycles. The average Bonchev–Trinajstić information content (AvgIpc) is 3.39. The Hall–Kier alpha value is -1.08. The molecule has 1 unspecified atom stereocenters. The fourth-order valence-corrected chi connectivity index (χ4v) is 9.51. The maximum Gasteiger partial charge on any atom is 0.319 e. The number of esters is 2. The van der Waals surface area contributed by atoms with E-state index in [9.17, 15) is 14.4 Å². The molecule has 2 bridgehead atoms. The number of ether oxygens (including phenoxy) is 3. The Bertz CT molecular complexity index is 802. The van der Waals surface area contributed by atoms with Gasteiger partial charge in [-0.25, -0.2) is 0 Å². The summed E-state index contributed by atoms with van der Waals surface area (Å²) >= 11 is 1.81. The van der Waals surface area contributed by atoms with E-state index in [0.717, 1.165) is 31.4 Å². The van der Waals surface area contributed by atoms with Crippen LogP contribution in [0.1, 0.15) is 52.9 Å². The molecule has 2 saturated heterocycles. The molecule has 0 radical (unpaired) electrons. The number of rotatable bonds is 2. The van der Waals surface area contributed by atoms with Crippen LogP contribution in [0.25, 0.3) is 0 Å². The van der Waals surface area contributed by atoms with E-state index in [-0.39, 0.29) is 36.1 Å². The average molecular weight is 437 g/mol. The summed E-state index contributed by atoms with van der Waals surface area (Å²) in [4.78, 5) is 39.6. The van der Waals surface area contributed by atoms with Crippen LogP contribution in [0, 0.1) is 39.9 Å². The molecule has 30 heavy (non-hydrogen) atoms. The third-order valence-corrected chi connectivity index (χ3v) is 11.2. The van der Waals surface area contributed by atoms with E-state index in [0.29, 0.717) is 13.0 Å². The van der Waals surface area contributed by atoms with Crippen molar-refractivity contribution in [3.05, 3.63) is 0 Å². The lowest BCUT2D eigenvalue weighted by molar-refractivity contribution is -0.186. The maximum absolute atomic E-state index is 13.6. The Morgan fingerprint density at radius 3 is 2.63 bits per heavy atom. The van der Waals surface area contributed by atoms with Crippen LogP contribution in [0.4, 0.5) is 0 Å². The zero-order valence-corrected chi connectivity index (χ0v) is 19.1. The Morgan fingerprint density at radius 1 is 1.20 bits per heavy atom. The van der Waals surface area contributed by atoms with Crippen molar-refractivity contribution >= 4 is 29.5 Å². The number of hydrogen-bond acceptors (Lipinski definition) is 7. The van der Waals surface area contributed by atoms with Crippen molar-refractivity contribution in [3.63, 3.8) is 0 Å². The van der Waals surface area contributed by atoms with Gasteiger partial charge < -0.3 is 14.2 Å². The van der Waals surface area contributed by atoms with E-state index >= 15 is 0 Å². The molecule has 0 aromatic heterocycles. The van der Waals surface area contributed by atoms with Gasteiger partial charge in [-0.05, 0) is 43.9 Å². The van der Waals surface area contributed by atoms with Crippen LogP contribution < -0.4 is 0 Å². The van der Waals surface area contributed by atoms with Crippen LogP contribution >= 0.6 is 11.8 Å². The maximum atomic E-state index is 13.6. The van der Waals surface area contributed by atoms with Gasteiger partial charge in [0, 0.05) is 22.5 Å². The molecule has 3 aliphatic carbocycles. The number of fused-ring (bicyclic) bond motifs is 3. The molecule has 5 aliphatic rings. The van der Waals surface area contributed by atoms with Gasteiger partial charge in [0.15, 0.2) is 5.78 Å². The summed E-state index contributed by atoms with van der Waals surface area (Å²) in [5.74, 6) is -0.220. The number of carbonyl (C=O) groups is 3. The summed E-state index contributed by atoms with van der Waals surface area (Å²) in [6.07, 6.45) is 3.76. The molecule has 0 amide bonds. The highest BCUT2D eigenvalue weighted by molar-refractivity contribution is 8.00. The number of ketones is 1. The largest absolute Gasteiger partial charge is 0.468 e. The summed E-state index contributed by atoms with van der Waals surface area (Å²) in [7, 11) is 1.38. The third-order valence-electron chi connectivity index (χ3n) is 9.48. The van der Waals surface area contributed by atoms with Crippen molar-refractivity contribution in [2.45, 2.75) is 57.8 Å². The highest BCUT2D eigenvalue weighted by Crippen LogP contribution is 2.71. The van der Waals surface area contributed by atoms with Crippen LogP contribution in [0.2, 0.25) is 0 Å². The van der Waals surface area contributed by atoms with Crippen LogP contribution in [0.5, 0.6) is 0 Å². The number of Topliss-reactive ketones (excluding diaryl/α,β-unsaturated/α-hetero) is 1. The molecule has 3 saturated carbocycles. The van der Waals surface area contributed by atoms with Gasteiger partial charge in [-0.2, -0.15) is 0 Å². The zero-order chi connectivity index (χ0) is 21.5. The molecule has 6 nitrogen and oxygen atoms in total. The molecular weight excluding hydrogens is 404 g/mol. The molecule has 0 aromatic carbocycles. The highest BCUT2D eigenvalue weighted by Gasteiger charge is 2.75. The van der Waals surface area contributed by atoms with E-state index < -0.39 is 33.1 Å². The second kappa shape index (κ2) is 6.47. The van der Waals surface area contributed by atoms with E-state index in [1.807, 2.05) is 6.92 Å². The second-order valence-corrected chi connectivity index (χ2v) is 12.0. The Morgan fingerprint density at radius 2 is 1.97 bits per heavy atom. The SMILES string of the molecule is COC(=O)[C@@]12C[C@@H](CC[C@H]1[C@]13CCC4(OCCS4)C(C)(C)[C@H]1C(=O)OC3)[C@@H](C)C2=O. The Balaban J connectivity index is 1.64. The number of hydrogen-bond donors (Lipinski definition) is 0. The monoisotopic (exact) mass is 436 g/mol. The lowest BCUT2D eigenvalue weighted by Gasteiger charge is -2.59. The predicted octanol–water partition coefficient (Wildman–Crippen LogP) is 3.22. The van der Waals surface area contributed by atoms with Crippen molar-refractivity contribution in [1.82, 2.24) is 0 Å². The lowest BCUT2D eigenvalue weighted by Crippen LogP contribution is -2.63. The van der Waals surface area contributed by atoms with Crippen molar-refractivity contribution in [3.8, 4) is 0 Å². The van der Waals surface area contributed by atoms with Gasteiger partial charge in [-0.15, -0.1) is 11.8 Å². The van der Waals surface area contributed by atoms with Gasteiger partial charge in [0.25, 0.3) is 0 Å². The van der Waals surface area contributed by atoms with Gasteiger partial charge in [0.05, 0.1) is 26.2 Å². The topological polar surface area (TPSA) is 78.9 Å². The van der Waals surface area contributed by atoms with E-state index in [1.54, 1.807) is 11.8 Å². The minimum atomic E-state index is -1.15. The fraction of sp³-hybridized carbons (Fsp3) is 0.870. The smallest absolute Gasteiger partial charge is 0.319 e. The van der Waals surface area contributed by atoms with Crippen LogP contribution in [-0.4, -0.2) is 48.7 Å². The van der Waals surface area contributed by atoms with Crippen molar-refractivity contribution in [2.24, 2.45) is 39.9 Å². The molecule has 5 rings (SSSR count). The first-order valence-corrected chi connectivity index (χ1v) is 12.2. The molecule has 0 aromatic rings. The summed E-state index contributed by atoms with van der Waals surface area (Å²) in [6.45, 7) is 7.17. The second-order valence-electron chi connectivity index (χ2n) is 10.7. The fourth-order valence-electron chi connectivity index (χ4n) is 8.11. The first kappa shape index (κ1) is 20.8. The van der Waals surface area contributed by atoms with Crippen LogP contribution in [0.3, 0.4) is 0 Å². The molecular formula is C23H32O6S. The minimum absolute atomic E-state index is 0.0129. The Labute approximate surface area is 182 Å². The first-order valence-electron chi connectivity index (χ1n) is 11.2. The minimum Gasteiger partial charge on any atom is -0.468 e. The normalized spacial score (nSPS) is 49.2. The van der Waals surface area contributed by atoms with Gasteiger partial charge >= 0.3 is 11.9 Å². The standard InChI is InChI=1S/C23H32O6S/c1-13-14-5-6-15(22(11-14,17(13)24)19(26)27-4)21-7-8-23(29-9-10-30-23)20(2,3)16(21)18(25)28-12-21/h13-16H,5-12H2,1-4H3/t13-,14-,15+,16-,21-,22+,23?/m1/s1. The number of cyclic esters (lactones) is 1. The van der Waals surface area contributed by atoms with E-state index in [4.69, 9.17) is 14.2 Å². The van der Waals surface area contributed by atoms with E-state index in [1.165, 1.54) is 7.11 Å². The molecule has 166 valence electrons. The van der Waals surface area contributed by atoms with Crippen LogP contribution in [-0.2, 0) is 28.6 Å². The lowest BCUT2D eigenvalue weighted by atomic mass is 9.45. The molecule has 2 aliphatic heterocycles. The summed E-state index contributed by atoms with van der Waals surface area (Å²) in [6, 6.07) is 0. The van der Waals surface area contributed by atoms with Gasteiger partial charge in [0.1, 0.15) is 10.3 Å². The van der Waals surface area contributed by atoms with Crippen molar-refractivity contribution in [2.75, 3.05) is 26.1 Å². The highest BCUT2D eigenvalue weighted by atomic mass is 32.2. The quantitative estimate of drug-likeness (QED) is 0.486. The van der Waals surface area contributed by atoms with Gasteiger partial charge in [0.2, 0.25) is 0 Å². The Kier molecular flexibility index (Phi) is 4.49. The van der Waals surface area contributed by atoms with Crippen molar-refractivity contribution in [1.29, 1.82) is 0 Å². The summed E-state index contributed by atoms with van der Waals surface area (Å²) in [5, 5.41) is 0. The molecule has 1 spiro atoms. The first-order chi connectivity index (χ1) is 14.2. The van der Waals surface area contributed by atoms with Crippen LogP contribution in [0.15, 0.2) is 0 Å².